The van der Waals surface area contributed by atoms with Gasteiger partial charge in [0.15, 0.2) is 0 Å². The highest BCUT2D eigenvalue weighted by Crippen LogP contribution is 2.29. The average Bonchev–Trinajstić information content (AvgIpc) is 2.87. The van der Waals surface area contributed by atoms with Crippen LogP contribution in [-0.4, -0.2) is 21.5 Å². The van der Waals surface area contributed by atoms with Crippen LogP contribution < -0.4 is 5.32 Å². The van der Waals surface area contributed by atoms with Crippen molar-refractivity contribution in [2.24, 2.45) is 0 Å². The van der Waals surface area contributed by atoms with Crippen LogP contribution in [0.4, 0.5) is 13.2 Å². The minimum atomic E-state index is -4.33. The van der Waals surface area contributed by atoms with Crippen LogP contribution in [0.15, 0.2) is 36.8 Å². The Hall–Kier alpha value is -2.31. The van der Waals surface area contributed by atoms with Gasteiger partial charge in [0.1, 0.15) is 5.69 Å². The fourth-order valence-corrected chi connectivity index (χ4v) is 2.43. The number of carbonyl (C=O) groups excluding carboxylic acids is 1. The van der Waals surface area contributed by atoms with Gasteiger partial charge in [-0.15, -0.1) is 0 Å². The topological polar surface area (TPSA) is 46.9 Å². The van der Waals surface area contributed by atoms with Crippen molar-refractivity contribution in [1.82, 2.24) is 14.9 Å². The molecule has 21 heavy (non-hydrogen) atoms. The molecule has 1 amide bonds. The Morgan fingerprint density at radius 3 is 2.67 bits per heavy atom. The highest BCUT2D eigenvalue weighted by atomic mass is 19.4. The van der Waals surface area contributed by atoms with E-state index in [0.717, 1.165) is 17.7 Å². The number of imidazole rings is 1. The zero-order valence-electron chi connectivity index (χ0n) is 10.9. The smallest absolute Gasteiger partial charge is 0.346 e. The number of nitrogens with zero attached hydrogens (tertiary/aromatic N) is 2. The van der Waals surface area contributed by atoms with Gasteiger partial charge in [-0.3, -0.25) is 4.79 Å². The van der Waals surface area contributed by atoms with E-state index in [0.29, 0.717) is 18.7 Å². The standard InChI is InChI=1S/C14H12F3N3O/c15-14(16,17)10-3-1-9(2-4-10)5-11-7-20-8-18-6-12(20)13(21)19-11/h1-4,6,8,11H,5,7H2,(H,19,21)/t11-/m1/s1. The predicted octanol–water partition coefficient (Wildman–Crippen LogP) is 2.26. The summed E-state index contributed by atoms with van der Waals surface area (Å²) in [7, 11) is 0. The molecule has 2 heterocycles. The van der Waals surface area contributed by atoms with Crippen molar-refractivity contribution >= 4 is 5.91 Å². The Kier molecular flexibility index (Phi) is 3.19. The molecule has 7 heteroatoms. The minimum Gasteiger partial charge on any atom is -0.346 e. The van der Waals surface area contributed by atoms with E-state index in [9.17, 15) is 18.0 Å². The van der Waals surface area contributed by atoms with Crippen molar-refractivity contribution in [3.63, 3.8) is 0 Å². The van der Waals surface area contributed by atoms with Gasteiger partial charge in [-0.25, -0.2) is 4.98 Å². The molecule has 3 rings (SSSR count). The first-order valence-corrected chi connectivity index (χ1v) is 6.40. The van der Waals surface area contributed by atoms with Crippen LogP contribution in [0.3, 0.4) is 0 Å². The summed E-state index contributed by atoms with van der Waals surface area (Å²) in [4.78, 5) is 15.7. The maximum Gasteiger partial charge on any atom is 0.416 e. The monoisotopic (exact) mass is 295 g/mol. The predicted molar refractivity (Wildman–Crippen MR) is 68.6 cm³/mol. The highest BCUT2D eigenvalue weighted by molar-refractivity contribution is 5.93. The molecule has 0 spiro atoms. The summed E-state index contributed by atoms with van der Waals surface area (Å²) in [6.07, 6.45) is -0.789. The van der Waals surface area contributed by atoms with Crippen LogP contribution in [-0.2, 0) is 19.1 Å². The number of hydrogen-bond donors (Lipinski definition) is 1. The lowest BCUT2D eigenvalue weighted by Crippen LogP contribution is -2.45. The lowest BCUT2D eigenvalue weighted by Gasteiger charge is -2.25. The van der Waals surface area contributed by atoms with Crippen molar-refractivity contribution in [3.05, 3.63) is 53.6 Å². The van der Waals surface area contributed by atoms with Crippen molar-refractivity contribution < 1.29 is 18.0 Å². The number of aromatic nitrogens is 2. The van der Waals surface area contributed by atoms with Gasteiger partial charge in [0.2, 0.25) is 0 Å². The molecule has 110 valence electrons. The highest BCUT2D eigenvalue weighted by Gasteiger charge is 2.30. The molecule has 1 aromatic carbocycles. The molecule has 0 radical (unpaired) electrons. The number of hydrogen-bond acceptors (Lipinski definition) is 2. The molecule has 4 nitrogen and oxygen atoms in total. The summed E-state index contributed by atoms with van der Waals surface area (Å²) in [5, 5.41) is 2.83. The fourth-order valence-electron chi connectivity index (χ4n) is 2.43. The first-order chi connectivity index (χ1) is 9.93. The molecular formula is C14H12F3N3O. The second-order valence-corrected chi connectivity index (χ2v) is 5.00. The van der Waals surface area contributed by atoms with E-state index in [1.165, 1.54) is 18.3 Å². The normalized spacial score (nSPS) is 18.2. The molecule has 2 aromatic rings. The first-order valence-electron chi connectivity index (χ1n) is 6.40. The number of amides is 1. The van der Waals surface area contributed by atoms with E-state index >= 15 is 0 Å². The van der Waals surface area contributed by atoms with Crippen LogP contribution in [0.25, 0.3) is 0 Å². The molecule has 0 fully saturated rings. The third kappa shape index (κ3) is 2.76. The zero-order valence-corrected chi connectivity index (χ0v) is 10.9. The summed E-state index contributed by atoms with van der Waals surface area (Å²) in [6, 6.07) is 4.85. The summed E-state index contributed by atoms with van der Waals surface area (Å²) < 4.78 is 39.2. The van der Waals surface area contributed by atoms with Gasteiger partial charge < -0.3 is 9.88 Å². The number of halogens is 3. The van der Waals surface area contributed by atoms with E-state index in [1.54, 1.807) is 10.9 Å². The molecule has 1 atom stereocenters. The van der Waals surface area contributed by atoms with Gasteiger partial charge in [-0.1, -0.05) is 12.1 Å². The summed E-state index contributed by atoms with van der Waals surface area (Å²) in [6.45, 7) is 0.558. The fraction of sp³-hybridized carbons (Fsp3) is 0.286. The van der Waals surface area contributed by atoms with Crippen LogP contribution in [0, 0.1) is 0 Å². The van der Waals surface area contributed by atoms with Crippen LogP contribution in [0.1, 0.15) is 21.6 Å². The molecule has 1 aliphatic rings. The van der Waals surface area contributed by atoms with Crippen molar-refractivity contribution in [3.8, 4) is 0 Å². The molecule has 0 bridgehead atoms. The second-order valence-electron chi connectivity index (χ2n) is 5.00. The van der Waals surface area contributed by atoms with Crippen molar-refractivity contribution in [2.75, 3.05) is 0 Å². The SMILES string of the molecule is O=C1N[C@H](Cc2ccc(C(F)(F)F)cc2)Cn2cncc21. The molecule has 1 aromatic heterocycles. The quantitative estimate of drug-likeness (QED) is 0.923. The summed E-state index contributed by atoms with van der Waals surface area (Å²) in [5.41, 5.74) is 0.575. The van der Waals surface area contributed by atoms with Gasteiger partial charge in [-0.2, -0.15) is 13.2 Å². The number of fused-ring (bicyclic) bond motifs is 1. The van der Waals surface area contributed by atoms with E-state index in [4.69, 9.17) is 0 Å². The van der Waals surface area contributed by atoms with Gasteiger partial charge in [-0.05, 0) is 24.1 Å². The third-order valence-corrected chi connectivity index (χ3v) is 3.46. The number of benzene rings is 1. The van der Waals surface area contributed by atoms with E-state index in [-0.39, 0.29) is 11.9 Å². The Morgan fingerprint density at radius 2 is 2.00 bits per heavy atom. The van der Waals surface area contributed by atoms with Gasteiger partial charge in [0.25, 0.3) is 5.91 Å². The first kappa shape index (κ1) is 13.7. The Labute approximate surface area is 118 Å². The average molecular weight is 295 g/mol. The number of rotatable bonds is 2. The van der Waals surface area contributed by atoms with Crippen LogP contribution >= 0.6 is 0 Å². The van der Waals surface area contributed by atoms with Gasteiger partial charge >= 0.3 is 6.18 Å². The zero-order chi connectivity index (χ0) is 15.0. The minimum absolute atomic E-state index is 0.157. The molecule has 0 unspecified atom stereocenters. The molecule has 1 N–H and O–H groups in total. The Bertz CT molecular complexity index is 661. The number of nitrogens with one attached hydrogen (secondary N) is 1. The molecule has 0 aliphatic carbocycles. The lowest BCUT2D eigenvalue weighted by atomic mass is 10.0. The molecule has 0 saturated heterocycles. The number of alkyl halides is 3. The maximum absolute atomic E-state index is 12.5. The molecule has 1 aliphatic heterocycles. The van der Waals surface area contributed by atoms with E-state index in [2.05, 4.69) is 10.3 Å². The van der Waals surface area contributed by atoms with Crippen molar-refractivity contribution in [1.29, 1.82) is 0 Å². The van der Waals surface area contributed by atoms with Crippen LogP contribution in [0.5, 0.6) is 0 Å². The molecular weight excluding hydrogens is 283 g/mol. The van der Waals surface area contributed by atoms with E-state index in [1.807, 2.05) is 0 Å². The van der Waals surface area contributed by atoms with Gasteiger partial charge in [0.05, 0.1) is 24.1 Å². The van der Waals surface area contributed by atoms with Crippen molar-refractivity contribution in [2.45, 2.75) is 25.2 Å². The summed E-state index contributed by atoms with van der Waals surface area (Å²) >= 11 is 0. The maximum atomic E-state index is 12.5. The largest absolute Gasteiger partial charge is 0.416 e. The van der Waals surface area contributed by atoms with Crippen LogP contribution in [0.2, 0.25) is 0 Å². The molecule has 0 saturated carbocycles. The Balaban J connectivity index is 1.72. The third-order valence-electron chi connectivity index (χ3n) is 3.46. The second kappa shape index (κ2) is 4.91. The summed E-state index contributed by atoms with van der Waals surface area (Å²) in [5.74, 6) is -0.212. The van der Waals surface area contributed by atoms with E-state index < -0.39 is 11.7 Å². The van der Waals surface area contributed by atoms with Gasteiger partial charge in [0, 0.05) is 6.54 Å². The Morgan fingerprint density at radius 1 is 1.29 bits per heavy atom. The lowest BCUT2D eigenvalue weighted by molar-refractivity contribution is -0.137. The number of carbonyl (C=O) groups is 1.